The van der Waals surface area contributed by atoms with Crippen molar-refractivity contribution in [2.45, 2.75) is 30.7 Å². The fourth-order valence-corrected chi connectivity index (χ4v) is 6.47. The predicted octanol–water partition coefficient (Wildman–Crippen LogP) is 1.59. The van der Waals surface area contributed by atoms with Crippen molar-refractivity contribution >= 4 is 27.4 Å². The zero-order valence-electron chi connectivity index (χ0n) is 20.2. The number of anilines is 2. The number of hydrogen-bond acceptors (Lipinski definition) is 7. The maximum absolute atomic E-state index is 13.2. The number of ether oxygens (including phenoxy) is 1. The van der Waals surface area contributed by atoms with E-state index in [9.17, 15) is 13.2 Å². The van der Waals surface area contributed by atoms with Crippen molar-refractivity contribution in [3.05, 3.63) is 48.2 Å². The molecule has 188 valence electrons. The van der Waals surface area contributed by atoms with Crippen LogP contribution < -0.4 is 9.80 Å². The van der Waals surface area contributed by atoms with Crippen LogP contribution in [0.2, 0.25) is 0 Å². The topological polar surface area (TPSA) is 86.3 Å². The number of carbonyl (C=O) groups excluding carboxylic acids is 1. The molecule has 1 unspecified atom stereocenters. The van der Waals surface area contributed by atoms with Gasteiger partial charge in [0.25, 0.3) is 0 Å². The van der Waals surface area contributed by atoms with Gasteiger partial charge < -0.3 is 14.5 Å². The lowest BCUT2D eigenvalue weighted by Gasteiger charge is -2.39. The van der Waals surface area contributed by atoms with E-state index in [-0.39, 0.29) is 16.8 Å². The molecule has 2 saturated heterocycles. The van der Waals surface area contributed by atoms with Gasteiger partial charge in [0.05, 0.1) is 19.8 Å². The number of aryl methyl sites for hydroxylation is 1. The second kappa shape index (κ2) is 10.2. The second-order valence-electron chi connectivity index (χ2n) is 9.41. The molecule has 5 rings (SSSR count). The first-order valence-electron chi connectivity index (χ1n) is 12.3. The number of para-hydroxylation sites is 1. The molecular weight excluding hydrogens is 466 g/mol. The number of amides is 1. The van der Waals surface area contributed by atoms with Gasteiger partial charge in [-0.1, -0.05) is 18.2 Å². The lowest BCUT2D eigenvalue weighted by molar-refractivity contribution is -0.120. The van der Waals surface area contributed by atoms with Crippen LogP contribution in [0.4, 0.5) is 11.5 Å². The summed E-state index contributed by atoms with van der Waals surface area (Å²) in [6.07, 6.45) is 3.45. The van der Waals surface area contributed by atoms with Gasteiger partial charge in [-0.15, -0.1) is 0 Å². The van der Waals surface area contributed by atoms with E-state index >= 15 is 0 Å². The Hall–Kier alpha value is -2.53. The normalized spacial score (nSPS) is 22.1. The summed E-state index contributed by atoms with van der Waals surface area (Å²) in [6, 6.07) is 11.8. The lowest BCUT2D eigenvalue weighted by atomic mass is 9.96. The molecule has 0 spiro atoms. The molecule has 0 radical (unpaired) electrons. The summed E-state index contributed by atoms with van der Waals surface area (Å²) in [7, 11) is -3.55. The molecule has 1 amide bonds. The molecule has 0 bridgehead atoms. The number of hydrogen-bond donors (Lipinski definition) is 0. The van der Waals surface area contributed by atoms with Gasteiger partial charge in [0, 0.05) is 57.2 Å². The van der Waals surface area contributed by atoms with Gasteiger partial charge in [-0.05, 0) is 43.5 Å². The molecular formula is C25H33N5O4S. The summed E-state index contributed by atoms with van der Waals surface area (Å²) in [6.45, 7) is 7.08. The number of piperazine rings is 1. The average Bonchev–Trinajstić information content (AvgIpc) is 2.89. The number of carbonyl (C=O) groups is 1. The van der Waals surface area contributed by atoms with E-state index in [1.165, 1.54) is 16.1 Å². The van der Waals surface area contributed by atoms with Gasteiger partial charge in [-0.25, -0.2) is 13.4 Å². The third-order valence-corrected chi connectivity index (χ3v) is 9.06. The van der Waals surface area contributed by atoms with Gasteiger partial charge in [-0.3, -0.25) is 9.69 Å². The van der Waals surface area contributed by atoms with Crippen molar-refractivity contribution < 1.29 is 17.9 Å². The van der Waals surface area contributed by atoms with Crippen LogP contribution in [0.3, 0.4) is 0 Å². The molecule has 0 aliphatic carbocycles. The Labute approximate surface area is 207 Å². The summed E-state index contributed by atoms with van der Waals surface area (Å²) in [5, 5.41) is 0. The van der Waals surface area contributed by atoms with E-state index in [4.69, 9.17) is 4.74 Å². The van der Waals surface area contributed by atoms with Crippen LogP contribution in [0.15, 0.2) is 47.5 Å². The third kappa shape index (κ3) is 5.06. The molecule has 0 N–H and O–H groups in total. The maximum Gasteiger partial charge on any atom is 0.244 e. The Bertz CT molecular complexity index is 1140. The van der Waals surface area contributed by atoms with Crippen molar-refractivity contribution in [2.24, 2.45) is 0 Å². The Balaban J connectivity index is 1.18. The van der Waals surface area contributed by atoms with Crippen molar-refractivity contribution in [1.29, 1.82) is 0 Å². The summed E-state index contributed by atoms with van der Waals surface area (Å²) in [5.74, 6) is 0.907. The first-order chi connectivity index (χ1) is 16.9. The van der Waals surface area contributed by atoms with E-state index < -0.39 is 10.0 Å². The number of benzene rings is 1. The van der Waals surface area contributed by atoms with E-state index in [0.717, 1.165) is 50.5 Å². The Kier molecular flexibility index (Phi) is 7.06. The molecule has 3 aliphatic rings. The number of sulfonamides is 1. The minimum atomic E-state index is -3.55. The smallest absolute Gasteiger partial charge is 0.244 e. The van der Waals surface area contributed by atoms with Crippen LogP contribution >= 0.6 is 0 Å². The number of morpholine rings is 1. The monoisotopic (exact) mass is 499 g/mol. The van der Waals surface area contributed by atoms with Crippen LogP contribution in [0.25, 0.3) is 0 Å². The number of rotatable bonds is 5. The largest absolute Gasteiger partial charge is 0.379 e. The summed E-state index contributed by atoms with van der Waals surface area (Å²) in [5.41, 5.74) is 2.29. The highest BCUT2D eigenvalue weighted by Gasteiger charge is 2.30. The third-order valence-electron chi connectivity index (χ3n) is 7.18. The number of fused-ring (bicyclic) bond motifs is 1. The summed E-state index contributed by atoms with van der Waals surface area (Å²) >= 11 is 0. The van der Waals surface area contributed by atoms with E-state index in [2.05, 4.69) is 33.8 Å². The summed E-state index contributed by atoms with van der Waals surface area (Å²) < 4.78 is 32.4. The summed E-state index contributed by atoms with van der Waals surface area (Å²) in [4.78, 5) is 24.2. The van der Waals surface area contributed by atoms with Crippen molar-refractivity contribution in [2.75, 3.05) is 68.8 Å². The van der Waals surface area contributed by atoms with Gasteiger partial charge in [0.2, 0.25) is 15.9 Å². The molecule has 9 nitrogen and oxygen atoms in total. The van der Waals surface area contributed by atoms with E-state index in [0.29, 0.717) is 32.8 Å². The van der Waals surface area contributed by atoms with Crippen LogP contribution in [0, 0.1) is 0 Å². The van der Waals surface area contributed by atoms with Crippen molar-refractivity contribution in [1.82, 2.24) is 14.2 Å². The van der Waals surface area contributed by atoms with Crippen LogP contribution in [-0.2, 0) is 26.0 Å². The van der Waals surface area contributed by atoms with Crippen LogP contribution in [0.5, 0.6) is 0 Å². The Morgan fingerprint density at radius 3 is 2.49 bits per heavy atom. The van der Waals surface area contributed by atoms with Gasteiger partial charge in [0.15, 0.2) is 0 Å². The molecule has 2 fully saturated rings. The number of pyridine rings is 1. The maximum atomic E-state index is 13.2. The zero-order valence-corrected chi connectivity index (χ0v) is 21.0. The Morgan fingerprint density at radius 1 is 1.03 bits per heavy atom. The molecule has 2 aromatic rings. The minimum Gasteiger partial charge on any atom is -0.379 e. The molecule has 1 atom stereocenters. The van der Waals surface area contributed by atoms with E-state index in [1.807, 2.05) is 17.0 Å². The second-order valence-corrected chi connectivity index (χ2v) is 11.3. The zero-order chi connectivity index (χ0) is 24.4. The van der Waals surface area contributed by atoms with Crippen molar-refractivity contribution in [3.8, 4) is 0 Å². The highest BCUT2D eigenvalue weighted by molar-refractivity contribution is 7.89. The lowest BCUT2D eigenvalue weighted by Crippen LogP contribution is -2.52. The standard InChI is InChI=1S/C25H33N5O4S/c1-20-6-7-21-4-2-3-5-23(21)30(20)25(31)19-27-10-12-28(13-11-27)24-9-8-22(18-26-24)35(32,33)29-14-16-34-17-15-29/h2-5,8-9,18,20H,6-7,10-17,19H2,1H3. The first-order valence-corrected chi connectivity index (χ1v) is 13.8. The van der Waals surface area contributed by atoms with Crippen LogP contribution in [-0.4, -0.2) is 93.6 Å². The van der Waals surface area contributed by atoms with Crippen molar-refractivity contribution in [3.63, 3.8) is 0 Å². The molecule has 3 aliphatic heterocycles. The molecule has 1 aromatic carbocycles. The molecule has 1 aromatic heterocycles. The van der Waals surface area contributed by atoms with Gasteiger partial charge >= 0.3 is 0 Å². The number of aromatic nitrogens is 1. The van der Waals surface area contributed by atoms with Gasteiger partial charge in [-0.2, -0.15) is 4.31 Å². The number of nitrogens with zero attached hydrogens (tertiary/aromatic N) is 5. The fraction of sp³-hybridized carbons (Fsp3) is 0.520. The highest BCUT2D eigenvalue weighted by atomic mass is 32.2. The highest BCUT2D eigenvalue weighted by Crippen LogP contribution is 2.30. The molecule has 35 heavy (non-hydrogen) atoms. The SMILES string of the molecule is CC1CCc2ccccc2N1C(=O)CN1CCN(c2ccc(S(=O)(=O)N3CCOCC3)cn2)CC1. The molecule has 4 heterocycles. The molecule has 0 saturated carbocycles. The minimum absolute atomic E-state index is 0.147. The average molecular weight is 500 g/mol. The fourth-order valence-electron chi connectivity index (χ4n) is 5.12. The molecule has 10 heteroatoms. The Morgan fingerprint density at radius 2 is 1.77 bits per heavy atom. The first kappa shape index (κ1) is 24.2. The van der Waals surface area contributed by atoms with Gasteiger partial charge in [0.1, 0.15) is 10.7 Å². The van der Waals surface area contributed by atoms with Crippen LogP contribution in [0.1, 0.15) is 18.9 Å². The quantitative estimate of drug-likeness (QED) is 0.618. The predicted molar refractivity (Wildman–Crippen MR) is 134 cm³/mol. The van der Waals surface area contributed by atoms with E-state index in [1.54, 1.807) is 12.1 Å².